The quantitative estimate of drug-likeness (QED) is 0.499. The number of hydrogen-bond acceptors (Lipinski definition) is 5. The predicted octanol–water partition coefficient (Wildman–Crippen LogP) is 5.93. The monoisotopic (exact) mass is 457 g/mol. The molecule has 0 saturated heterocycles. The van der Waals surface area contributed by atoms with Crippen molar-refractivity contribution in [2.24, 2.45) is 0 Å². The number of nitrogens with one attached hydrogen (secondary N) is 2. The smallest absolute Gasteiger partial charge is 0.243 e. The van der Waals surface area contributed by atoms with Gasteiger partial charge in [-0.3, -0.25) is 9.59 Å². The molecule has 2 aliphatic rings. The summed E-state index contributed by atoms with van der Waals surface area (Å²) in [5, 5.41) is 8.61. The Kier molecular flexibility index (Phi) is 6.01. The van der Waals surface area contributed by atoms with E-state index in [9.17, 15) is 9.59 Å². The van der Waals surface area contributed by atoms with Gasteiger partial charge in [0.05, 0.1) is 24.0 Å². The zero-order valence-corrected chi connectivity index (χ0v) is 19.5. The van der Waals surface area contributed by atoms with Crippen molar-refractivity contribution >= 4 is 40.1 Å². The summed E-state index contributed by atoms with van der Waals surface area (Å²) in [5.41, 5.74) is 5.64. The lowest BCUT2D eigenvalue weighted by molar-refractivity contribution is -0.117. The van der Waals surface area contributed by atoms with E-state index in [0.29, 0.717) is 6.42 Å². The van der Waals surface area contributed by atoms with Gasteiger partial charge in [0, 0.05) is 28.3 Å². The molecule has 1 amide bonds. The van der Waals surface area contributed by atoms with Crippen molar-refractivity contribution in [3.05, 3.63) is 87.8 Å². The van der Waals surface area contributed by atoms with Gasteiger partial charge in [0.25, 0.3) is 0 Å². The van der Waals surface area contributed by atoms with E-state index in [-0.39, 0.29) is 24.3 Å². The Hall–Kier alpha value is -3.38. The highest BCUT2D eigenvalue weighted by Crippen LogP contribution is 2.45. The van der Waals surface area contributed by atoms with Gasteiger partial charge in [-0.15, -0.1) is 11.3 Å². The number of para-hydroxylation sites is 2. The number of hydrogen-bond donors (Lipinski definition) is 2. The van der Waals surface area contributed by atoms with Gasteiger partial charge in [-0.05, 0) is 60.5 Å². The zero-order chi connectivity index (χ0) is 22.8. The summed E-state index contributed by atoms with van der Waals surface area (Å²) in [6, 6.07) is 19.7. The largest absolute Gasteiger partial charge is 0.357 e. The third-order valence-electron chi connectivity index (χ3n) is 6.31. The van der Waals surface area contributed by atoms with Crippen LogP contribution in [-0.2, 0) is 16.0 Å². The first kappa shape index (κ1) is 21.5. The van der Waals surface area contributed by atoms with Gasteiger partial charge >= 0.3 is 0 Å². The molecule has 0 spiro atoms. The van der Waals surface area contributed by atoms with Crippen LogP contribution in [0.2, 0.25) is 0 Å². The molecule has 0 saturated carbocycles. The van der Waals surface area contributed by atoms with E-state index < -0.39 is 0 Å². The van der Waals surface area contributed by atoms with Gasteiger partial charge in [0.1, 0.15) is 0 Å². The fourth-order valence-corrected chi connectivity index (χ4v) is 5.54. The van der Waals surface area contributed by atoms with Crippen LogP contribution in [0.5, 0.6) is 0 Å². The number of Topliss-reactive ketones (excluding diaryl/α,β-unsaturated/α-hetero) is 1. The van der Waals surface area contributed by atoms with Crippen molar-refractivity contribution in [3.63, 3.8) is 0 Å². The van der Waals surface area contributed by atoms with Crippen LogP contribution in [-0.4, -0.2) is 18.2 Å². The standard InChI is InChI=1S/C27H27N3O2S/c1-2-18-12-14-19(15-13-18)28-25(32)17-30-22-9-4-3-7-20(22)29-21-8-5-10-23(31)26(21)27(30)24-11-6-16-33-24/h3-4,6-7,9,11-16,27,29H,2,5,8,10,17H2,1H3,(H,28,32)/t27-/m1/s1. The Labute approximate surface area is 198 Å². The van der Waals surface area contributed by atoms with E-state index in [0.717, 1.165) is 52.5 Å². The number of aryl methyl sites for hydroxylation is 1. The van der Waals surface area contributed by atoms with Crippen molar-refractivity contribution in [1.82, 2.24) is 0 Å². The Morgan fingerprint density at radius 3 is 2.67 bits per heavy atom. The molecule has 33 heavy (non-hydrogen) atoms. The maximum Gasteiger partial charge on any atom is 0.243 e. The molecule has 168 valence electrons. The third kappa shape index (κ3) is 4.31. The first-order valence-electron chi connectivity index (χ1n) is 11.4. The maximum absolute atomic E-state index is 13.2. The molecule has 1 aliphatic heterocycles. The molecule has 0 bridgehead atoms. The summed E-state index contributed by atoms with van der Waals surface area (Å²) in [6.07, 6.45) is 3.18. The molecule has 0 radical (unpaired) electrons. The van der Waals surface area contributed by atoms with E-state index >= 15 is 0 Å². The molecule has 2 aromatic carbocycles. The third-order valence-corrected chi connectivity index (χ3v) is 7.24. The number of amides is 1. The molecule has 1 aliphatic carbocycles. The minimum absolute atomic E-state index is 0.108. The SMILES string of the molecule is CCc1ccc(NC(=O)CN2c3ccccc3NC3=C(C(=O)CCC3)[C@H]2c2cccs2)cc1. The summed E-state index contributed by atoms with van der Waals surface area (Å²) in [4.78, 5) is 29.6. The molecule has 2 heterocycles. The highest BCUT2D eigenvalue weighted by atomic mass is 32.1. The van der Waals surface area contributed by atoms with Gasteiger partial charge < -0.3 is 15.5 Å². The second-order valence-electron chi connectivity index (χ2n) is 8.46. The lowest BCUT2D eigenvalue weighted by atomic mass is 9.88. The molecule has 0 fully saturated rings. The molecular weight excluding hydrogens is 430 g/mol. The number of benzene rings is 2. The molecule has 1 aromatic heterocycles. The van der Waals surface area contributed by atoms with Crippen LogP contribution >= 0.6 is 11.3 Å². The van der Waals surface area contributed by atoms with Crippen LogP contribution in [0.1, 0.15) is 42.7 Å². The van der Waals surface area contributed by atoms with Crippen LogP contribution in [0.4, 0.5) is 17.1 Å². The van der Waals surface area contributed by atoms with E-state index in [4.69, 9.17) is 0 Å². The fraction of sp³-hybridized carbons (Fsp3) is 0.259. The molecule has 1 atom stereocenters. The topological polar surface area (TPSA) is 61.4 Å². The number of fused-ring (bicyclic) bond motifs is 1. The minimum Gasteiger partial charge on any atom is -0.357 e. The molecular formula is C27H27N3O2S. The molecule has 0 unspecified atom stereocenters. The summed E-state index contributed by atoms with van der Waals surface area (Å²) in [5.74, 6) is 0.0541. The highest BCUT2D eigenvalue weighted by molar-refractivity contribution is 7.10. The average molecular weight is 458 g/mol. The lowest BCUT2D eigenvalue weighted by Crippen LogP contribution is -2.38. The predicted molar refractivity (Wildman–Crippen MR) is 135 cm³/mol. The van der Waals surface area contributed by atoms with Crippen molar-refractivity contribution < 1.29 is 9.59 Å². The number of carbonyl (C=O) groups is 2. The number of allylic oxidation sites excluding steroid dienone is 1. The summed E-state index contributed by atoms with van der Waals surface area (Å²) >= 11 is 1.62. The van der Waals surface area contributed by atoms with Crippen LogP contribution in [0.25, 0.3) is 0 Å². The number of thiophene rings is 1. The Bertz CT molecular complexity index is 1200. The van der Waals surface area contributed by atoms with Crippen molar-refractivity contribution in [1.29, 1.82) is 0 Å². The number of carbonyl (C=O) groups excluding carboxylic acids is 2. The van der Waals surface area contributed by atoms with Crippen LogP contribution in [0.15, 0.2) is 77.3 Å². The first-order chi connectivity index (χ1) is 16.1. The molecule has 5 nitrogen and oxygen atoms in total. The summed E-state index contributed by atoms with van der Waals surface area (Å²) < 4.78 is 0. The second kappa shape index (κ2) is 9.24. The van der Waals surface area contributed by atoms with Crippen LogP contribution in [0.3, 0.4) is 0 Å². The average Bonchev–Trinajstić information content (AvgIpc) is 3.31. The first-order valence-corrected chi connectivity index (χ1v) is 12.3. The van der Waals surface area contributed by atoms with E-state index in [2.05, 4.69) is 28.5 Å². The van der Waals surface area contributed by atoms with E-state index in [1.807, 2.05) is 60.0 Å². The second-order valence-corrected chi connectivity index (χ2v) is 9.43. The van der Waals surface area contributed by atoms with Crippen LogP contribution in [0, 0.1) is 0 Å². The van der Waals surface area contributed by atoms with Gasteiger partial charge in [0.2, 0.25) is 5.91 Å². The van der Waals surface area contributed by atoms with E-state index in [1.165, 1.54) is 5.56 Å². The van der Waals surface area contributed by atoms with Crippen molar-refractivity contribution in [2.75, 3.05) is 22.1 Å². The number of ketones is 1. The van der Waals surface area contributed by atoms with Crippen molar-refractivity contribution in [3.8, 4) is 0 Å². The zero-order valence-electron chi connectivity index (χ0n) is 18.6. The number of rotatable bonds is 5. The normalized spacial score (nSPS) is 17.7. The van der Waals surface area contributed by atoms with Crippen LogP contribution < -0.4 is 15.5 Å². The fourth-order valence-electron chi connectivity index (χ4n) is 4.70. The molecule has 5 rings (SSSR count). The Morgan fingerprint density at radius 2 is 1.91 bits per heavy atom. The van der Waals surface area contributed by atoms with Gasteiger partial charge in [-0.2, -0.15) is 0 Å². The van der Waals surface area contributed by atoms with Gasteiger partial charge in [-0.25, -0.2) is 0 Å². The number of anilines is 3. The lowest BCUT2D eigenvalue weighted by Gasteiger charge is -2.34. The molecule has 6 heteroatoms. The molecule has 2 N–H and O–H groups in total. The van der Waals surface area contributed by atoms with E-state index in [1.54, 1.807) is 11.3 Å². The summed E-state index contributed by atoms with van der Waals surface area (Å²) in [7, 11) is 0. The highest BCUT2D eigenvalue weighted by Gasteiger charge is 2.37. The molecule has 3 aromatic rings. The minimum atomic E-state index is -0.294. The van der Waals surface area contributed by atoms with Gasteiger partial charge in [0.15, 0.2) is 5.78 Å². The number of nitrogens with zero attached hydrogens (tertiary/aromatic N) is 1. The Morgan fingerprint density at radius 1 is 1.09 bits per heavy atom. The maximum atomic E-state index is 13.2. The van der Waals surface area contributed by atoms with Crippen molar-refractivity contribution in [2.45, 2.75) is 38.6 Å². The summed E-state index contributed by atoms with van der Waals surface area (Å²) in [6.45, 7) is 2.25. The van der Waals surface area contributed by atoms with Gasteiger partial charge in [-0.1, -0.05) is 37.3 Å². The Balaban J connectivity index is 1.54.